The van der Waals surface area contributed by atoms with Crippen LogP contribution in [0.4, 0.5) is 10.5 Å². The normalized spacial score (nSPS) is 11.2. The molecular weight excluding hydrogens is 547 g/mol. The Hall–Kier alpha value is -3.68. The van der Waals surface area contributed by atoms with Crippen LogP contribution in [0.5, 0.6) is 0 Å². The maximum Gasteiger partial charge on any atom is 0.322 e. The number of anilines is 1. The van der Waals surface area contributed by atoms with Gasteiger partial charge in [0.25, 0.3) is 0 Å². The largest absolute Gasteiger partial charge is 0.459 e. The lowest BCUT2D eigenvalue weighted by Gasteiger charge is -2.24. The molecule has 41 heavy (non-hydrogen) atoms. The second kappa shape index (κ2) is 12.5. The predicted molar refractivity (Wildman–Crippen MR) is 173 cm³/mol. The fourth-order valence-electron chi connectivity index (χ4n) is 4.92. The molecule has 0 fully saturated rings. The number of aryl methyl sites for hydroxylation is 4. The van der Waals surface area contributed by atoms with Gasteiger partial charge in [0.05, 0.1) is 12.2 Å². The molecule has 2 heterocycles. The number of pyridine rings is 1. The van der Waals surface area contributed by atoms with Crippen molar-refractivity contribution in [1.82, 2.24) is 9.88 Å². The summed E-state index contributed by atoms with van der Waals surface area (Å²) in [6.45, 7) is 8.95. The number of furan rings is 1. The molecule has 0 saturated carbocycles. The molecular formula is C34H35N3O2S2. The van der Waals surface area contributed by atoms with Crippen molar-refractivity contribution < 1.29 is 9.21 Å². The van der Waals surface area contributed by atoms with Gasteiger partial charge in [0, 0.05) is 28.1 Å². The number of nitrogens with one attached hydrogen (secondary N) is 1. The number of hydrogen-bond donors (Lipinski definition) is 1. The standard InChI is InChI=1S/C34H35N3O2S2/c1-21-7-12-25(13-8-21)19-37(34(38)36-32-30(40-5)18-24(4)35-33(32)41-6)20-29-31(26-14-9-22(2)10-15-26)27-17-23(3)11-16-28(27)39-29/h7-18H,19-20H2,1-6H3,(H,36,38). The highest BCUT2D eigenvalue weighted by Crippen LogP contribution is 2.38. The molecule has 7 heteroatoms. The van der Waals surface area contributed by atoms with E-state index in [1.165, 1.54) is 22.9 Å². The number of urea groups is 1. The second-order valence-electron chi connectivity index (χ2n) is 10.4. The average Bonchev–Trinajstić information content (AvgIpc) is 3.31. The number of carbonyl (C=O) groups is 1. The van der Waals surface area contributed by atoms with E-state index in [1.54, 1.807) is 11.8 Å². The minimum Gasteiger partial charge on any atom is -0.459 e. The fraction of sp³-hybridized carbons (Fsp3) is 0.235. The first-order chi connectivity index (χ1) is 19.7. The molecule has 0 spiro atoms. The lowest BCUT2D eigenvalue weighted by molar-refractivity contribution is 0.202. The molecule has 5 aromatic rings. The molecule has 2 amide bonds. The Morgan fingerprint density at radius 3 is 2.15 bits per heavy atom. The van der Waals surface area contributed by atoms with Crippen molar-refractivity contribution in [1.29, 1.82) is 0 Å². The molecule has 0 aliphatic heterocycles. The number of benzene rings is 3. The van der Waals surface area contributed by atoms with Gasteiger partial charge in [-0.05, 0) is 69.5 Å². The monoisotopic (exact) mass is 581 g/mol. The number of hydrogen-bond acceptors (Lipinski definition) is 5. The molecule has 5 nitrogen and oxygen atoms in total. The zero-order valence-corrected chi connectivity index (χ0v) is 26.0. The summed E-state index contributed by atoms with van der Waals surface area (Å²) in [5, 5.41) is 5.07. The number of amides is 2. The second-order valence-corrected chi connectivity index (χ2v) is 12.0. The molecule has 5 rings (SSSR count). The lowest BCUT2D eigenvalue weighted by Crippen LogP contribution is -2.34. The molecule has 3 aromatic carbocycles. The van der Waals surface area contributed by atoms with Gasteiger partial charge in [-0.15, -0.1) is 23.5 Å². The van der Waals surface area contributed by atoms with Crippen molar-refractivity contribution in [2.75, 3.05) is 17.8 Å². The molecule has 0 atom stereocenters. The van der Waals surface area contributed by atoms with E-state index >= 15 is 0 Å². The summed E-state index contributed by atoms with van der Waals surface area (Å²) >= 11 is 3.13. The molecule has 1 N–H and O–H groups in total. The van der Waals surface area contributed by atoms with Gasteiger partial charge in [-0.1, -0.05) is 71.3 Å². The maximum atomic E-state index is 14.1. The first-order valence-electron chi connectivity index (χ1n) is 13.6. The van der Waals surface area contributed by atoms with Crippen LogP contribution in [-0.2, 0) is 13.1 Å². The zero-order chi connectivity index (χ0) is 29.1. The first kappa shape index (κ1) is 28.8. The van der Waals surface area contributed by atoms with Crippen molar-refractivity contribution >= 4 is 46.2 Å². The summed E-state index contributed by atoms with van der Waals surface area (Å²) in [5.41, 5.74) is 9.16. The zero-order valence-electron chi connectivity index (χ0n) is 24.4. The number of carbonyl (C=O) groups excluding carboxylic acids is 1. The van der Waals surface area contributed by atoms with E-state index in [4.69, 9.17) is 4.42 Å². The third kappa shape index (κ3) is 6.47. The van der Waals surface area contributed by atoms with Gasteiger partial charge in [0.2, 0.25) is 0 Å². The van der Waals surface area contributed by atoms with E-state index in [1.807, 2.05) is 36.5 Å². The third-order valence-electron chi connectivity index (χ3n) is 7.10. The number of fused-ring (bicyclic) bond motifs is 1. The number of nitrogens with zero attached hydrogens (tertiary/aromatic N) is 2. The smallest absolute Gasteiger partial charge is 0.322 e. The Morgan fingerprint density at radius 1 is 0.829 bits per heavy atom. The Bertz CT molecular complexity index is 1670. The first-order valence-corrected chi connectivity index (χ1v) is 16.0. The van der Waals surface area contributed by atoms with E-state index in [-0.39, 0.29) is 6.03 Å². The van der Waals surface area contributed by atoms with Gasteiger partial charge in [-0.2, -0.15) is 0 Å². The summed E-state index contributed by atoms with van der Waals surface area (Å²) in [6.07, 6.45) is 4.00. The SMILES string of the molecule is CSc1cc(C)nc(SC)c1NC(=O)N(Cc1ccc(C)cc1)Cc1oc2ccc(C)cc2c1-c1ccc(C)cc1. The number of thioether (sulfide) groups is 2. The minimum absolute atomic E-state index is 0.201. The van der Waals surface area contributed by atoms with E-state index in [0.29, 0.717) is 13.1 Å². The highest BCUT2D eigenvalue weighted by Gasteiger charge is 2.24. The van der Waals surface area contributed by atoms with Gasteiger partial charge in [0.1, 0.15) is 16.4 Å². The Labute approximate surface area is 250 Å². The van der Waals surface area contributed by atoms with Crippen LogP contribution >= 0.6 is 23.5 Å². The number of rotatable bonds is 8. The van der Waals surface area contributed by atoms with Crippen LogP contribution in [-0.4, -0.2) is 28.4 Å². The van der Waals surface area contributed by atoms with Crippen molar-refractivity contribution in [3.63, 3.8) is 0 Å². The highest BCUT2D eigenvalue weighted by molar-refractivity contribution is 7.99. The molecule has 0 unspecified atom stereocenters. The topological polar surface area (TPSA) is 58.4 Å². The van der Waals surface area contributed by atoms with Gasteiger partial charge in [0.15, 0.2) is 0 Å². The summed E-state index contributed by atoms with van der Waals surface area (Å²) in [6, 6.07) is 24.8. The van der Waals surface area contributed by atoms with Crippen LogP contribution in [0.15, 0.2) is 87.1 Å². The molecule has 0 aliphatic carbocycles. The quantitative estimate of drug-likeness (QED) is 0.185. The van der Waals surface area contributed by atoms with Crippen LogP contribution in [0.2, 0.25) is 0 Å². The average molecular weight is 582 g/mol. The van der Waals surface area contributed by atoms with Gasteiger partial charge in [-0.3, -0.25) is 0 Å². The Morgan fingerprint density at radius 2 is 1.49 bits per heavy atom. The summed E-state index contributed by atoms with van der Waals surface area (Å²) in [4.78, 5) is 21.6. The molecule has 0 aliphatic rings. The summed E-state index contributed by atoms with van der Waals surface area (Å²) in [7, 11) is 0. The molecule has 210 valence electrons. The third-order valence-corrected chi connectivity index (χ3v) is 8.54. The van der Waals surface area contributed by atoms with E-state index in [0.717, 1.165) is 60.3 Å². The van der Waals surface area contributed by atoms with Crippen LogP contribution in [0.1, 0.15) is 33.7 Å². The molecule has 0 bridgehead atoms. The molecule has 2 aromatic heterocycles. The van der Waals surface area contributed by atoms with E-state index in [2.05, 4.69) is 91.7 Å². The molecule has 0 radical (unpaired) electrons. The molecule has 0 saturated heterocycles. The van der Waals surface area contributed by atoms with Gasteiger partial charge in [-0.25, -0.2) is 9.78 Å². The van der Waals surface area contributed by atoms with Crippen LogP contribution in [0.25, 0.3) is 22.1 Å². The van der Waals surface area contributed by atoms with Crippen LogP contribution in [0.3, 0.4) is 0 Å². The fourth-order valence-corrected chi connectivity index (χ4v) is 6.23. The summed E-state index contributed by atoms with van der Waals surface area (Å²) in [5.74, 6) is 0.758. The van der Waals surface area contributed by atoms with Gasteiger partial charge >= 0.3 is 6.03 Å². The lowest BCUT2D eigenvalue weighted by atomic mass is 9.99. The van der Waals surface area contributed by atoms with Crippen molar-refractivity contribution in [3.05, 3.63) is 107 Å². The Balaban J connectivity index is 1.58. The Kier molecular flexibility index (Phi) is 8.76. The van der Waals surface area contributed by atoms with Gasteiger partial charge < -0.3 is 14.6 Å². The van der Waals surface area contributed by atoms with Crippen molar-refractivity contribution in [3.8, 4) is 11.1 Å². The summed E-state index contributed by atoms with van der Waals surface area (Å²) < 4.78 is 6.49. The van der Waals surface area contributed by atoms with E-state index in [9.17, 15) is 4.79 Å². The van der Waals surface area contributed by atoms with Crippen molar-refractivity contribution in [2.45, 2.75) is 50.7 Å². The predicted octanol–water partition coefficient (Wildman–Crippen LogP) is 9.41. The minimum atomic E-state index is -0.201. The van der Waals surface area contributed by atoms with Crippen LogP contribution < -0.4 is 5.32 Å². The number of aromatic nitrogens is 1. The van der Waals surface area contributed by atoms with E-state index < -0.39 is 0 Å². The van der Waals surface area contributed by atoms with Crippen molar-refractivity contribution in [2.24, 2.45) is 0 Å². The highest BCUT2D eigenvalue weighted by atomic mass is 32.2. The van der Waals surface area contributed by atoms with Crippen LogP contribution in [0, 0.1) is 27.7 Å². The maximum absolute atomic E-state index is 14.1.